The van der Waals surface area contributed by atoms with Crippen molar-refractivity contribution in [2.45, 2.75) is 48.9 Å². The Morgan fingerprint density at radius 1 is 1.23 bits per heavy atom. The van der Waals surface area contributed by atoms with E-state index in [1.165, 1.54) is 23.6 Å². The molecule has 0 radical (unpaired) electrons. The molecule has 2 aliphatic rings. The number of hydrogen-bond donors (Lipinski definition) is 2. The van der Waals surface area contributed by atoms with E-state index in [1.54, 1.807) is 44.2 Å². The predicted octanol–water partition coefficient (Wildman–Crippen LogP) is 0.991. The molecule has 4 atom stereocenters. The highest BCUT2D eigenvalue weighted by Gasteiger charge is 2.64. The summed E-state index contributed by atoms with van der Waals surface area (Å²) in [5, 5.41) is 11.6. The van der Waals surface area contributed by atoms with Gasteiger partial charge in [-0.25, -0.2) is 4.79 Å². The zero-order valence-corrected chi connectivity index (χ0v) is 15.4. The zero-order chi connectivity index (χ0) is 19.2. The number of carboxylic acid groups (broad SMARTS) is 1. The number of nitrogens with zero attached hydrogens (tertiary/aromatic N) is 1. The van der Waals surface area contributed by atoms with Gasteiger partial charge in [-0.05, 0) is 26.3 Å². The van der Waals surface area contributed by atoms with Crippen LogP contribution in [0, 0.1) is 0 Å². The van der Waals surface area contributed by atoms with E-state index in [-0.39, 0.29) is 5.78 Å². The summed E-state index contributed by atoms with van der Waals surface area (Å²) in [6, 6.07) is 6.89. The average Bonchev–Trinajstić information content (AvgIpc) is 2.82. The summed E-state index contributed by atoms with van der Waals surface area (Å²) in [4.78, 5) is 50.0. The number of thioether (sulfide) groups is 1. The van der Waals surface area contributed by atoms with Gasteiger partial charge in [-0.2, -0.15) is 0 Å². The van der Waals surface area contributed by atoms with E-state index in [1.807, 2.05) is 0 Å². The molecule has 26 heavy (non-hydrogen) atoms. The van der Waals surface area contributed by atoms with E-state index in [2.05, 4.69) is 5.32 Å². The minimum absolute atomic E-state index is 0.319. The molecule has 2 saturated heterocycles. The minimum atomic E-state index is -1.06. The van der Waals surface area contributed by atoms with Gasteiger partial charge < -0.3 is 15.3 Å². The summed E-state index contributed by atoms with van der Waals surface area (Å²) in [5.41, 5.74) is 0.559. The van der Waals surface area contributed by atoms with E-state index < -0.39 is 45.9 Å². The second-order valence-electron chi connectivity index (χ2n) is 7.04. The van der Waals surface area contributed by atoms with E-state index >= 15 is 0 Å². The lowest BCUT2D eigenvalue weighted by Crippen LogP contribution is -2.71. The van der Waals surface area contributed by atoms with Gasteiger partial charge in [-0.1, -0.05) is 30.3 Å². The van der Waals surface area contributed by atoms with E-state index in [4.69, 9.17) is 0 Å². The molecule has 2 amide bonds. The van der Waals surface area contributed by atoms with Crippen molar-refractivity contribution in [3.05, 3.63) is 35.9 Å². The van der Waals surface area contributed by atoms with Gasteiger partial charge in [-0.3, -0.25) is 14.4 Å². The monoisotopic (exact) mass is 376 g/mol. The van der Waals surface area contributed by atoms with E-state index in [9.17, 15) is 24.3 Å². The molecule has 0 spiro atoms. The van der Waals surface area contributed by atoms with Gasteiger partial charge >= 0.3 is 5.97 Å². The van der Waals surface area contributed by atoms with Crippen LogP contribution in [-0.4, -0.2) is 55.8 Å². The fourth-order valence-corrected chi connectivity index (χ4v) is 5.22. The smallest absolute Gasteiger partial charge is 0.327 e. The highest BCUT2D eigenvalue weighted by molar-refractivity contribution is 8.01. The maximum absolute atomic E-state index is 12.7. The number of ketones is 1. The molecule has 1 aromatic carbocycles. The number of hydrogen-bond acceptors (Lipinski definition) is 5. The summed E-state index contributed by atoms with van der Waals surface area (Å²) >= 11 is 1.35. The summed E-state index contributed by atoms with van der Waals surface area (Å²) < 4.78 is -0.662. The molecule has 1 aromatic rings. The van der Waals surface area contributed by atoms with Crippen molar-refractivity contribution in [2.24, 2.45) is 0 Å². The van der Waals surface area contributed by atoms with E-state index in [0.29, 0.717) is 5.56 Å². The van der Waals surface area contributed by atoms with Gasteiger partial charge in [0.25, 0.3) is 0 Å². The quantitative estimate of drug-likeness (QED) is 0.587. The number of carbonyl (C=O) groups excluding carboxylic acids is 3. The fourth-order valence-electron chi connectivity index (χ4n) is 3.60. The van der Waals surface area contributed by atoms with Crippen LogP contribution in [0.25, 0.3) is 0 Å². The van der Waals surface area contributed by atoms with Gasteiger partial charge in [-0.15, -0.1) is 11.8 Å². The molecule has 0 saturated carbocycles. The lowest BCUT2D eigenvalue weighted by Gasteiger charge is -2.43. The van der Waals surface area contributed by atoms with Crippen LogP contribution in [0.4, 0.5) is 0 Å². The number of β-lactam (4-membered cyclic amide) rings is 1. The van der Waals surface area contributed by atoms with Crippen molar-refractivity contribution in [1.29, 1.82) is 0 Å². The molecule has 2 heterocycles. The highest BCUT2D eigenvalue weighted by Crippen LogP contribution is 2.50. The second-order valence-corrected chi connectivity index (χ2v) is 8.81. The number of carbonyl (C=O) groups is 4. The molecular weight excluding hydrogens is 356 g/mol. The van der Waals surface area contributed by atoms with Crippen molar-refractivity contribution >= 4 is 35.3 Å². The van der Waals surface area contributed by atoms with Crippen LogP contribution in [0.15, 0.2) is 30.3 Å². The first kappa shape index (κ1) is 18.4. The Hall–Kier alpha value is -2.35. The second kappa shape index (κ2) is 6.42. The normalized spacial score (nSPS) is 27.3. The summed E-state index contributed by atoms with van der Waals surface area (Å²) in [6.07, 6.45) is 0. The van der Waals surface area contributed by atoms with Crippen LogP contribution in [0.3, 0.4) is 0 Å². The third-order valence-corrected chi connectivity index (χ3v) is 6.35. The first-order valence-corrected chi connectivity index (χ1v) is 9.11. The Morgan fingerprint density at radius 3 is 2.38 bits per heavy atom. The number of nitrogens with one attached hydrogen (secondary N) is 1. The Kier molecular flexibility index (Phi) is 4.56. The van der Waals surface area contributed by atoms with Crippen LogP contribution >= 0.6 is 11.8 Å². The standard InChI is InChI=1S/C18H20N2O5S/c1-9(21)11(10-7-5-4-6-8-10)14(22)19-12-15(23)20-13(17(24)25)18(2,3)26-16(12)20/h4-8,11-13,16H,1-3H3,(H,19,22)(H,24,25)/t11-,12-,13+,16-/m1/s1. The van der Waals surface area contributed by atoms with E-state index in [0.717, 1.165) is 0 Å². The van der Waals surface area contributed by atoms with Crippen LogP contribution in [0.1, 0.15) is 32.3 Å². The minimum Gasteiger partial charge on any atom is -0.480 e. The van der Waals surface area contributed by atoms with Gasteiger partial charge in [0.15, 0.2) is 0 Å². The van der Waals surface area contributed by atoms with Crippen molar-refractivity contribution in [2.75, 3.05) is 0 Å². The highest BCUT2D eigenvalue weighted by atomic mass is 32.2. The predicted molar refractivity (Wildman–Crippen MR) is 95.5 cm³/mol. The summed E-state index contributed by atoms with van der Waals surface area (Å²) in [7, 11) is 0. The molecule has 138 valence electrons. The molecule has 8 heteroatoms. The topological polar surface area (TPSA) is 104 Å². The van der Waals surface area contributed by atoms with Crippen LogP contribution in [0.2, 0.25) is 0 Å². The van der Waals surface area contributed by atoms with Crippen molar-refractivity contribution < 1.29 is 24.3 Å². The maximum atomic E-state index is 12.7. The van der Waals surface area contributed by atoms with Gasteiger partial charge in [0, 0.05) is 4.75 Å². The maximum Gasteiger partial charge on any atom is 0.327 e. The van der Waals surface area contributed by atoms with Crippen molar-refractivity contribution in [1.82, 2.24) is 10.2 Å². The van der Waals surface area contributed by atoms with Gasteiger partial charge in [0.2, 0.25) is 11.8 Å². The molecule has 3 rings (SSSR count). The van der Waals surface area contributed by atoms with Gasteiger partial charge in [0.1, 0.15) is 29.2 Å². The molecule has 0 bridgehead atoms. The summed E-state index contributed by atoms with van der Waals surface area (Å²) in [5.74, 6) is -3.34. The van der Waals surface area contributed by atoms with Crippen molar-refractivity contribution in [3.8, 4) is 0 Å². The Morgan fingerprint density at radius 2 is 1.85 bits per heavy atom. The van der Waals surface area contributed by atoms with Crippen LogP contribution < -0.4 is 5.32 Å². The third kappa shape index (κ3) is 2.88. The molecule has 0 unspecified atom stereocenters. The fraction of sp³-hybridized carbons (Fsp3) is 0.444. The average molecular weight is 376 g/mol. The zero-order valence-electron chi connectivity index (χ0n) is 14.6. The number of fused-ring (bicyclic) bond motifs is 1. The summed E-state index contributed by atoms with van der Waals surface area (Å²) in [6.45, 7) is 4.87. The lowest BCUT2D eigenvalue weighted by atomic mass is 9.92. The lowest BCUT2D eigenvalue weighted by molar-refractivity contribution is -0.161. The molecule has 2 N–H and O–H groups in total. The first-order chi connectivity index (χ1) is 12.1. The molecule has 0 aliphatic carbocycles. The van der Waals surface area contributed by atoms with Crippen LogP contribution in [0.5, 0.6) is 0 Å². The molecular formula is C18H20N2O5S. The SMILES string of the molecule is CC(=O)[C@@H](C(=O)N[C@@H]1C(=O)N2[C@@H]1SC(C)(C)[C@@H]2C(=O)O)c1ccccc1. The molecule has 2 fully saturated rings. The molecule has 7 nitrogen and oxygen atoms in total. The van der Waals surface area contributed by atoms with Crippen LogP contribution in [-0.2, 0) is 19.2 Å². The van der Waals surface area contributed by atoms with Gasteiger partial charge in [0.05, 0.1) is 0 Å². The number of carboxylic acids is 1. The molecule has 0 aromatic heterocycles. The number of amides is 2. The number of Topliss-reactive ketones (excluding diaryl/α,β-unsaturated/α-hetero) is 1. The third-order valence-electron chi connectivity index (χ3n) is 4.77. The number of benzene rings is 1. The molecule has 2 aliphatic heterocycles. The Balaban J connectivity index is 1.78. The number of aliphatic carboxylic acids is 1. The van der Waals surface area contributed by atoms with Crippen molar-refractivity contribution in [3.63, 3.8) is 0 Å². The Bertz CT molecular complexity index is 779. The Labute approximate surface area is 155 Å². The first-order valence-electron chi connectivity index (χ1n) is 8.23. The largest absolute Gasteiger partial charge is 0.480 e. The number of rotatable bonds is 5.